The lowest BCUT2D eigenvalue weighted by atomic mass is 10.2. The van der Waals surface area contributed by atoms with E-state index in [4.69, 9.17) is 0 Å². The summed E-state index contributed by atoms with van der Waals surface area (Å²) in [5.74, 6) is 0.0496. The number of amides is 1. The summed E-state index contributed by atoms with van der Waals surface area (Å²) >= 11 is 3.14. The largest absolute Gasteiger partial charge is 0.334 e. The van der Waals surface area contributed by atoms with Crippen LogP contribution in [0, 0.1) is 0 Å². The van der Waals surface area contributed by atoms with Gasteiger partial charge in [0.25, 0.3) is 0 Å². The highest BCUT2D eigenvalue weighted by Crippen LogP contribution is 2.29. The van der Waals surface area contributed by atoms with E-state index in [9.17, 15) is 4.79 Å². The van der Waals surface area contributed by atoms with Gasteiger partial charge in [-0.05, 0) is 45.2 Å². The minimum absolute atomic E-state index is 0.0496. The second-order valence-corrected chi connectivity index (χ2v) is 7.48. The third kappa shape index (κ3) is 4.08. The first-order chi connectivity index (χ1) is 9.99. The first kappa shape index (κ1) is 16.0. The van der Waals surface area contributed by atoms with Crippen molar-refractivity contribution in [1.82, 2.24) is 9.88 Å². The van der Waals surface area contributed by atoms with E-state index < -0.39 is 0 Å². The smallest absolute Gasteiger partial charge is 0.247 e. The van der Waals surface area contributed by atoms with E-state index in [-0.39, 0.29) is 18.0 Å². The van der Waals surface area contributed by atoms with Crippen molar-refractivity contribution in [3.63, 3.8) is 0 Å². The van der Waals surface area contributed by atoms with Gasteiger partial charge in [-0.2, -0.15) is 0 Å². The van der Waals surface area contributed by atoms with Gasteiger partial charge in [0.2, 0.25) is 5.91 Å². The van der Waals surface area contributed by atoms with Gasteiger partial charge in [-0.1, -0.05) is 23.9 Å². The predicted molar refractivity (Wildman–Crippen MR) is 91.7 cm³/mol. The molecule has 0 N–H and O–H groups in total. The lowest BCUT2D eigenvalue weighted by molar-refractivity contribution is -0.129. The Morgan fingerprint density at radius 3 is 2.52 bits per heavy atom. The topological polar surface area (TPSA) is 33.2 Å². The highest BCUT2D eigenvalue weighted by molar-refractivity contribution is 8.03. The lowest BCUT2D eigenvalue weighted by Crippen LogP contribution is -2.41. The number of benzene rings is 1. The summed E-state index contributed by atoms with van der Waals surface area (Å²) in [4.78, 5) is 18.6. The van der Waals surface area contributed by atoms with E-state index in [1.54, 1.807) is 17.4 Å². The average molecular weight is 320 g/mol. The van der Waals surface area contributed by atoms with E-state index >= 15 is 0 Å². The van der Waals surface area contributed by atoms with Crippen LogP contribution in [0.5, 0.6) is 0 Å². The molecule has 0 saturated heterocycles. The SMILES string of the molecule is CC(C)N(C(=O)/C=C\Sc1nc2ccccc2s1)C(C)C. The molecule has 1 aromatic heterocycles. The van der Waals surface area contributed by atoms with Gasteiger partial charge >= 0.3 is 0 Å². The fourth-order valence-corrected chi connectivity index (χ4v) is 4.02. The Morgan fingerprint density at radius 2 is 1.90 bits per heavy atom. The summed E-state index contributed by atoms with van der Waals surface area (Å²) in [5, 5.41) is 1.83. The van der Waals surface area contributed by atoms with Crippen LogP contribution in [-0.4, -0.2) is 27.9 Å². The van der Waals surface area contributed by atoms with E-state index in [1.807, 2.05) is 56.2 Å². The molecule has 0 fully saturated rings. The Kier molecular flexibility index (Phi) is 5.42. The van der Waals surface area contributed by atoms with E-state index in [2.05, 4.69) is 11.1 Å². The van der Waals surface area contributed by atoms with Crippen LogP contribution in [0.2, 0.25) is 0 Å². The summed E-state index contributed by atoms with van der Waals surface area (Å²) in [5.41, 5.74) is 1.01. The van der Waals surface area contributed by atoms with Gasteiger partial charge in [0.15, 0.2) is 4.34 Å². The first-order valence-electron chi connectivity index (χ1n) is 7.00. The van der Waals surface area contributed by atoms with E-state index in [0.29, 0.717) is 0 Å². The predicted octanol–water partition coefficient (Wildman–Crippen LogP) is 4.55. The van der Waals surface area contributed by atoms with Crippen molar-refractivity contribution < 1.29 is 4.79 Å². The van der Waals surface area contributed by atoms with Crippen molar-refractivity contribution in [2.24, 2.45) is 0 Å². The normalized spacial score (nSPS) is 11.9. The Morgan fingerprint density at radius 1 is 1.24 bits per heavy atom. The number of nitrogens with zero attached hydrogens (tertiary/aromatic N) is 2. The fourth-order valence-electron chi connectivity index (χ4n) is 2.24. The standard InChI is InChI=1S/C16H20N2OS2/c1-11(2)18(12(3)4)15(19)9-10-20-16-17-13-7-5-6-8-14(13)21-16/h5-12H,1-4H3/b10-9-. The third-order valence-corrected chi connectivity index (χ3v) is 4.96. The molecule has 0 aliphatic heterocycles. The van der Waals surface area contributed by atoms with Gasteiger partial charge in [-0.15, -0.1) is 11.3 Å². The third-order valence-electron chi connectivity index (χ3n) is 3.02. The van der Waals surface area contributed by atoms with Crippen molar-refractivity contribution in [1.29, 1.82) is 0 Å². The summed E-state index contributed by atoms with van der Waals surface area (Å²) < 4.78 is 2.13. The zero-order valence-corrected chi connectivity index (χ0v) is 14.4. The number of thiazole rings is 1. The van der Waals surface area contributed by atoms with Gasteiger partial charge in [0, 0.05) is 18.2 Å². The molecule has 1 heterocycles. The molecule has 1 aromatic carbocycles. The van der Waals surface area contributed by atoms with Crippen LogP contribution in [0.25, 0.3) is 10.2 Å². The number of thioether (sulfide) groups is 1. The maximum absolute atomic E-state index is 12.2. The summed E-state index contributed by atoms with van der Waals surface area (Å²) in [6.45, 7) is 8.14. The molecule has 1 amide bonds. The molecule has 0 atom stereocenters. The second kappa shape index (κ2) is 7.09. The van der Waals surface area contributed by atoms with Crippen molar-refractivity contribution in [3.05, 3.63) is 35.7 Å². The molecule has 0 unspecified atom stereocenters. The summed E-state index contributed by atoms with van der Waals surface area (Å²) in [6, 6.07) is 8.47. The van der Waals surface area contributed by atoms with Gasteiger partial charge < -0.3 is 4.90 Å². The van der Waals surface area contributed by atoms with Gasteiger partial charge in [-0.3, -0.25) is 4.79 Å². The van der Waals surface area contributed by atoms with Crippen LogP contribution < -0.4 is 0 Å². The van der Waals surface area contributed by atoms with Gasteiger partial charge in [-0.25, -0.2) is 4.98 Å². The second-order valence-electron chi connectivity index (χ2n) is 5.30. The molecule has 0 radical (unpaired) electrons. The number of carbonyl (C=O) groups is 1. The zero-order valence-electron chi connectivity index (χ0n) is 12.7. The number of hydrogen-bond donors (Lipinski definition) is 0. The van der Waals surface area contributed by atoms with E-state index in [1.165, 1.54) is 16.5 Å². The Balaban J connectivity index is 2.02. The quantitative estimate of drug-likeness (QED) is 0.598. The van der Waals surface area contributed by atoms with Gasteiger partial charge in [0.05, 0.1) is 10.2 Å². The summed E-state index contributed by atoms with van der Waals surface area (Å²) in [6.07, 6.45) is 1.64. The molecule has 112 valence electrons. The zero-order chi connectivity index (χ0) is 15.4. The fraction of sp³-hybridized carbons (Fsp3) is 0.375. The maximum Gasteiger partial charge on any atom is 0.247 e. The molecule has 2 rings (SSSR count). The molecule has 0 spiro atoms. The van der Waals surface area contributed by atoms with Crippen LogP contribution in [0.15, 0.2) is 40.1 Å². The van der Waals surface area contributed by atoms with Crippen LogP contribution >= 0.6 is 23.1 Å². The van der Waals surface area contributed by atoms with Crippen molar-refractivity contribution >= 4 is 39.2 Å². The molecule has 21 heavy (non-hydrogen) atoms. The lowest BCUT2D eigenvalue weighted by Gasteiger charge is -2.29. The molecule has 0 aliphatic carbocycles. The number of hydrogen-bond acceptors (Lipinski definition) is 4. The minimum Gasteiger partial charge on any atom is -0.334 e. The Hall–Kier alpha value is -1.33. The van der Waals surface area contributed by atoms with Crippen molar-refractivity contribution in [2.45, 2.75) is 44.1 Å². The first-order valence-corrected chi connectivity index (χ1v) is 8.69. The molecular weight excluding hydrogens is 300 g/mol. The molecule has 5 heteroatoms. The van der Waals surface area contributed by atoms with Crippen LogP contribution in [0.4, 0.5) is 0 Å². The van der Waals surface area contributed by atoms with Crippen LogP contribution in [0.3, 0.4) is 0 Å². The molecule has 0 saturated carbocycles. The molecule has 3 nitrogen and oxygen atoms in total. The van der Waals surface area contributed by atoms with Crippen LogP contribution in [0.1, 0.15) is 27.7 Å². The number of fused-ring (bicyclic) bond motifs is 1. The average Bonchev–Trinajstić information content (AvgIpc) is 2.80. The number of carbonyl (C=O) groups excluding carboxylic acids is 1. The highest BCUT2D eigenvalue weighted by Gasteiger charge is 2.17. The molecule has 0 bridgehead atoms. The van der Waals surface area contributed by atoms with Gasteiger partial charge in [0.1, 0.15) is 0 Å². The highest BCUT2D eigenvalue weighted by atomic mass is 32.2. The molecular formula is C16H20N2OS2. The Bertz CT molecular complexity index is 606. The van der Waals surface area contributed by atoms with Crippen molar-refractivity contribution in [2.75, 3.05) is 0 Å². The number of rotatable bonds is 5. The Labute approximate surface area is 134 Å². The number of aromatic nitrogens is 1. The summed E-state index contributed by atoms with van der Waals surface area (Å²) in [7, 11) is 0. The molecule has 0 aliphatic rings. The minimum atomic E-state index is 0.0496. The van der Waals surface area contributed by atoms with Crippen molar-refractivity contribution in [3.8, 4) is 0 Å². The molecule has 2 aromatic rings. The van der Waals surface area contributed by atoms with Crippen LogP contribution in [-0.2, 0) is 4.79 Å². The maximum atomic E-state index is 12.2. The number of para-hydroxylation sites is 1. The monoisotopic (exact) mass is 320 g/mol. The van der Waals surface area contributed by atoms with E-state index in [0.717, 1.165) is 9.86 Å².